The number of nitrogens with one attached hydrogen (secondary N) is 1. The van der Waals surface area contributed by atoms with Gasteiger partial charge in [-0.1, -0.05) is 0 Å². The van der Waals surface area contributed by atoms with Crippen LogP contribution in [0.25, 0.3) is 0 Å². The highest BCUT2D eigenvalue weighted by atomic mass is 35.5. The van der Waals surface area contributed by atoms with Gasteiger partial charge in [0, 0.05) is 33.9 Å². The lowest BCUT2D eigenvalue weighted by molar-refractivity contribution is -0.870. The van der Waals surface area contributed by atoms with Crippen LogP contribution in [0.3, 0.4) is 0 Å². The lowest BCUT2D eigenvalue weighted by Gasteiger charge is -2.24. The standard InChI is InChI=1S/C14H33N2O5Si.ClH/c1-16(2,3)11-12-21-14(17)8-10-15-9-7-13-22(18-4,19-5)20-6;/h15H,7-13H2,1-6H3;1H/q+1;/p-1. The number of esters is 1. The number of rotatable bonds is 13. The Morgan fingerprint density at radius 3 is 2.09 bits per heavy atom. The average molecular weight is 373 g/mol. The average Bonchev–Trinajstić information content (AvgIpc) is 2.46. The summed E-state index contributed by atoms with van der Waals surface area (Å²) in [6.45, 7) is 2.69. The van der Waals surface area contributed by atoms with Crippen molar-refractivity contribution in [3.8, 4) is 0 Å². The highest BCUT2D eigenvalue weighted by molar-refractivity contribution is 6.60. The summed E-state index contributed by atoms with van der Waals surface area (Å²) in [7, 11) is 8.57. The Labute approximate surface area is 148 Å². The highest BCUT2D eigenvalue weighted by Gasteiger charge is 2.36. The Kier molecular flexibility index (Phi) is 14.3. The van der Waals surface area contributed by atoms with E-state index in [1.807, 2.05) is 0 Å². The zero-order valence-corrected chi connectivity index (χ0v) is 17.1. The molecule has 9 heteroatoms. The van der Waals surface area contributed by atoms with E-state index in [1.165, 1.54) is 0 Å². The smallest absolute Gasteiger partial charge is 0.500 e. The van der Waals surface area contributed by atoms with E-state index in [4.69, 9.17) is 18.0 Å². The summed E-state index contributed by atoms with van der Waals surface area (Å²) in [4.78, 5) is 11.5. The maximum Gasteiger partial charge on any atom is 0.500 e. The molecule has 140 valence electrons. The van der Waals surface area contributed by atoms with Crippen LogP contribution in [0.1, 0.15) is 12.8 Å². The van der Waals surface area contributed by atoms with Gasteiger partial charge >= 0.3 is 14.8 Å². The molecule has 0 aromatic carbocycles. The van der Waals surface area contributed by atoms with Crippen molar-refractivity contribution in [1.82, 2.24) is 5.32 Å². The molecule has 7 nitrogen and oxygen atoms in total. The van der Waals surface area contributed by atoms with E-state index in [0.29, 0.717) is 19.6 Å². The number of hydrogen-bond acceptors (Lipinski definition) is 6. The van der Waals surface area contributed by atoms with Gasteiger partial charge in [0.1, 0.15) is 13.2 Å². The normalized spacial score (nSPS) is 11.9. The summed E-state index contributed by atoms with van der Waals surface area (Å²) >= 11 is 0. The van der Waals surface area contributed by atoms with Crippen molar-refractivity contribution in [3.63, 3.8) is 0 Å². The van der Waals surface area contributed by atoms with E-state index in [1.54, 1.807) is 21.3 Å². The van der Waals surface area contributed by atoms with Crippen LogP contribution < -0.4 is 17.7 Å². The summed E-state index contributed by atoms with van der Waals surface area (Å²) in [5.74, 6) is -0.157. The molecule has 0 aliphatic rings. The molecule has 0 saturated heterocycles. The first-order valence-electron chi connectivity index (χ1n) is 7.61. The molecule has 0 saturated carbocycles. The first-order chi connectivity index (χ1) is 10.3. The number of likely N-dealkylation sites (N-methyl/N-ethyl adjacent to an activating group) is 1. The number of nitrogens with zero attached hydrogens (tertiary/aromatic N) is 1. The van der Waals surface area contributed by atoms with Crippen LogP contribution in [-0.4, -0.2) is 88.0 Å². The van der Waals surface area contributed by atoms with Gasteiger partial charge in [0.25, 0.3) is 0 Å². The molecule has 0 aliphatic heterocycles. The van der Waals surface area contributed by atoms with Gasteiger partial charge in [0.15, 0.2) is 0 Å². The third-order valence-electron chi connectivity index (χ3n) is 3.30. The largest absolute Gasteiger partial charge is 1.00 e. The van der Waals surface area contributed by atoms with E-state index in [2.05, 4.69) is 26.5 Å². The second-order valence-corrected chi connectivity index (χ2v) is 9.22. The van der Waals surface area contributed by atoms with Gasteiger partial charge in [-0.3, -0.25) is 4.79 Å². The zero-order valence-electron chi connectivity index (χ0n) is 15.3. The molecule has 0 radical (unpaired) electrons. The summed E-state index contributed by atoms with van der Waals surface area (Å²) in [6, 6.07) is 0.747. The van der Waals surface area contributed by atoms with Gasteiger partial charge in [-0.15, -0.1) is 0 Å². The molecule has 0 unspecified atom stereocenters. The maximum absolute atomic E-state index is 11.5. The van der Waals surface area contributed by atoms with Crippen molar-refractivity contribution >= 4 is 14.8 Å². The lowest BCUT2D eigenvalue weighted by atomic mass is 10.4. The number of quaternary nitrogens is 1. The number of halogens is 1. The van der Waals surface area contributed by atoms with Crippen molar-refractivity contribution in [2.75, 3.05) is 68.7 Å². The molecule has 1 N–H and O–H groups in total. The quantitative estimate of drug-likeness (QED) is 0.167. The molecule has 0 rings (SSSR count). The monoisotopic (exact) mass is 372 g/mol. The van der Waals surface area contributed by atoms with E-state index < -0.39 is 8.80 Å². The fourth-order valence-corrected chi connectivity index (χ4v) is 3.53. The van der Waals surface area contributed by atoms with Crippen molar-refractivity contribution < 1.29 is 39.7 Å². The number of hydrogen-bond donors (Lipinski definition) is 1. The molecular formula is C14H33ClN2O5Si. The molecule has 0 bridgehead atoms. The number of carbonyl (C=O) groups excluding carboxylic acids is 1. The van der Waals surface area contributed by atoms with Crippen LogP contribution in [0, 0.1) is 0 Å². The molecule has 0 aromatic rings. The number of ether oxygens (including phenoxy) is 1. The van der Waals surface area contributed by atoms with Crippen LogP contribution in [0.2, 0.25) is 6.04 Å². The van der Waals surface area contributed by atoms with Gasteiger partial charge in [-0.05, 0) is 13.0 Å². The van der Waals surface area contributed by atoms with Crippen molar-refractivity contribution in [2.45, 2.75) is 18.9 Å². The first-order valence-corrected chi connectivity index (χ1v) is 9.54. The van der Waals surface area contributed by atoms with Crippen LogP contribution in [0.4, 0.5) is 0 Å². The van der Waals surface area contributed by atoms with E-state index in [0.717, 1.165) is 30.0 Å². The van der Waals surface area contributed by atoms with Crippen molar-refractivity contribution in [3.05, 3.63) is 0 Å². The summed E-state index contributed by atoms with van der Waals surface area (Å²) < 4.78 is 22.0. The van der Waals surface area contributed by atoms with E-state index >= 15 is 0 Å². The molecule has 0 atom stereocenters. The van der Waals surface area contributed by atoms with Gasteiger partial charge in [0.05, 0.1) is 27.6 Å². The maximum atomic E-state index is 11.5. The van der Waals surface area contributed by atoms with Crippen LogP contribution in [0.5, 0.6) is 0 Å². The van der Waals surface area contributed by atoms with E-state index in [-0.39, 0.29) is 18.4 Å². The SMILES string of the molecule is CO[Si](CCCNCCC(=O)OCC[N+](C)(C)C)(OC)OC.[Cl-]. The van der Waals surface area contributed by atoms with Crippen LogP contribution >= 0.6 is 0 Å². The third-order valence-corrected chi connectivity index (χ3v) is 6.13. The topological polar surface area (TPSA) is 66.0 Å². The van der Waals surface area contributed by atoms with Crippen molar-refractivity contribution in [2.24, 2.45) is 0 Å². The van der Waals surface area contributed by atoms with Crippen LogP contribution in [-0.2, 0) is 22.8 Å². The van der Waals surface area contributed by atoms with Gasteiger partial charge in [-0.25, -0.2) is 0 Å². The first kappa shape index (κ1) is 25.0. The summed E-state index contributed by atoms with van der Waals surface area (Å²) in [6.07, 6.45) is 1.26. The van der Waals surface area contributed by atoms with Gasteiger partial charge in [-0.2, -0.15) is 0 Å². The molecule has 0 aromatic heterocycles. The predicted molar refractivity (Wildman–Crippen MR) is 87.6 cm³/mol. The Bertz CT molecular complexity index is 304. The second kappa shape index (κ2) is 13.1. The minimum Gasteiger partial charge on any atom is -1.00 e. The lowest BCUT2D eigenvalue weighted by Crippen LogP contribution is -3.00. The molecule has 23 heavy (non-hydrogen) atoms. The summed E-state index contributed by atoms with van der Waals surface area (Å²) in [5.41, 5.74) is 0. The van der Waals surface area contributed by atoms with Crippen molar-refractivity contribution in [1.29, 1.82) is 0 Å². The zero-order chi connectivity index (χ0) is 17.1. The Balaban J connectivity index is 0. The molecular weight excluding hydrogens is 340 g/mol. The van der Waals surface area contributed by atoms with E-state index in [9.17, 15) is 4.79 Å². The predicted octanol–water partition coefficient (Wildman–Crippen LogP) is -2.51. The molecule has 0 spiro atoms. The number of carbonyl (C=O) groups is 1. The fourth-order valence-electron chi connectivity index (χ4n) is 1.81. The summed E-state index contributed by atoms with van der Waals surface area (Å²) in [5, 5.41) is 3.22. The molecule has 0 fully saturated rings. The Morgan fingerprint density at radius 2 is 1.61 bits per heavy atom. The minimum atomic E-state index is -2.47. The van der Waals surface area contributed by atoms with Crippen LogP contribution in [0.15, 0.2) is 0 Å². The van der Waals surface area contributed by atoms with Gasteiger partial charge in [0.2, 0.25) is 0 Å². The third kappa shape index (κ3) is 12.8. The molecule has 0 amide bonds. The minimum absolute atomic E-state index is 0. The molecule has 0 heterocycles. The van der Waals surface area contributed by atoms with Gasteiger partial charge < -0.3 is 40.2 Å². The molecule has 0 aliphatic carbocycles. The Hall–Kier alpha value is -0.223. The fraction of sp³-hybridized carbons (Fsp3) is 0.929. The highest BCUT2D eigenvalue weighted by Crippen LogP contribution is 2.14. The second-order valence-electron chi connectivity index (χ2n) is 6.13. The Morgan fingerprint density at radius 1 is 1.04 bits per heavy atom.